The van der Waals surface area contributed by atoms with Crippen molar-refractivity contribution in [2.24, 2.45) is 5.14 Å². The zero-order valence-electron chi connectivity index (χ0n) is 5.76. The van der Waals surface area contributed by atoms with E-state index in [9.17, 15) is 18.3 Å². The fourth-order valence-electron chi connectivity index (χ4n) is 0.694. The van der Waals surface area contributed by atoms with Crippen molar-refractivity contribution in [1.29, 1.82) is 0 Å². The van der Waals surface area contributed by atoms with E-state index in [0.717, 1.165) is 6.07 Å². The first-order valence-corrected chi connectivity index (χ1v) is 5.61. The molecule has 5 nitrogen and oxygen atoms in total. The molecule has 0 spiro atoms. The van der Waals surface area contributed by atoms with Gasteiger partial charge in [0.1, 0.15) is 5.38 Å². The summed E-state index contributed by atoms with van der Waals surface area (Å²) < 4.78 is 21.2. The molecule has 2 N–H and O–H groups in total. The number of thiophene rings is 1. The molecule has 1 atom stereocenters. The van der Waals surface area contributed by atoms with Crippen molar-refractivity contribution in [3.8, 4) is 0 Å². The lowest BCUT2D eigenvalue weighted by Crippen LogP contribution is -2.19. The fourth-order valence-corrected chi connectivity index (χ4v) is 3.20. The van der Waals surface area contributed by atoms with E-state index in [1.165, 1.54) is 11.4 Å². The minimum atomic E-state index is -3.91. The minimum absolute atomic E-state index is 0.303. The number of carbonyl (C=O) groups excluding carboxylic acids is 1. The largest absolute Gasteiger partial charge is 0.500 e. The van der Waals surface area contributed by atoms with Gasteiger partial charge in [-0.25, -0.2) is 13.6 Å². The summed E-state index contributed by atoms with van der Waals surface area (Å²) in [5.41, 5.74) is 0. The molecule has 0 saturated heterocycles. The molecule has 1 rings (SSSR count). The normalized spacial score (nSPS) is 12.9. The summed E-state index contributed by atoms with van der Waals surface area (Å²) >= 11 is 0. The Kier molecular flexibility index (Phi) is 2.18. The minimum Gasteiger partial charge on any atom is -0.500 e. The van der Waals surface area contributed by atoms with Gasteiger partial charge in [-0.05, 0) is 6.07 Å². The summed E-state index contributed by atoms with van der Waals surface area (Å²) in [5.74, 6) is 0. The van der Waals surface area contributed by atoms with Crippen molar-refractivity contribution in [3.05, 3.63) is 17.5 Å². The second-order valence-electron chi connectivity index (χ2n) is 1.95. The van der Waals surface area contributed by atoms with Crippen LogP contribution in [0.15, 0.2) is 21.7 Å². The van der Waals surface area contributed by atoms with Crippen LogP contribution in [0.3, 0.4) is 0 Å². The first-order valence-electron chi connectivity index (χ1n) is 2.78. The maximum atomic E-state index is 10.7. The van der Waals surface area contributed by atoms with E-state index < -0.39 is 25.8 Å². The number of nitrogens with two attached hydrogens (primary N) is 1. The van der Waals surface area contributed by atoms with E-state index in [-0.39, 0.29) is 4.21 Å². The van der Waals surface area contributed by atoms with Crippen LogP contribution in [0.25, 0.3) is 0 Å². The van der Waals surface area contributed by atoms with E-state index in [4.69, 9.17) is 5.14 Å². The van der Waals surface area contributed by atoms with Crippen LogP contribution in [-0.4, -0.2) is 13.7 Å². The average molecular weight is 207 g/mol. The predicted molar refractivity (Wildman–Crippen MR) is 41.1 cm³/mol. The third-order valence-electron chi connectivity index (χ3n) is 1.12. The molecule has 66 valence electrons. The lowest BCUT2D eigenvalue weighted by molar-refractivity contribution is -0.233. The molecule has 0 aliphatic carbocycles. The van der Waals surface area contributed by atoms with Crippen molar-refractivity contribution >= 4 is 25.8 Å². The van der Waals surface area contributed by atoms with Crippen molar-refractivity contribution in [1.82, 2.24) is 0 Å². The number of rotatable bonds is 2. The van der Waals surface area contributed by atoms with Gasteiger partial charge >= 0.3 is 5.30 Å². The van der Waals surface area contributed by atoms with E-state index in [1.807, 2.05) is 0 Å². The van der Waals surface area contributed by atoms with Gasteiger partial charge in [-0.3, -0.25) is 0 Å². The van der Waals surface area contributed by atoms with Crippen LogP contribution in [0.4, 0.5) is 4.79 Å². The van der Waals surface area contributed by atoms with E-state index in [2.05, 4.69) is 0 Å². The summed E-state index contributed by atoms with van der Waals surface area (Å²) in [5, 5.41) is 14.9. The fraction of sp³-hybridized carbons (Fsp3) is 0. The molecule has 0 aliphatic rings. The Morgan fingerprint density at radius 2 is 2.17 bits per heavy atom. The highest BCUT2D eigenvalue weighted by Gasteiger charge is 2.24. The zero-order chi connectivity index (χ0) is 9.35. The highest BCUT2D eigenvalue weighted by atomic mass is 32.3. The summed E-state index contributed by atoms with van der Waals surface area (Å²) in [6.07, 6.45) is 0. The molecule has 1 aromatic rings. The Bertz CT molecular complexity index is 405. The molecule has 0 amide bonds. The summed E-state index contributed by atoms with van der Waals surface area (Å²) in [6, 6.07) is 2.49. The second kappa shape index (κ2) is 2.85. The van der Waals surface area contributed by atoms with Gasteiger partial charge in [-0.2, -0.15) is 0 Å². The Morgan fingerprint density at radius 1 is 1.58 bits per heavy atom. The van der Waals surface area contributed by atoms with Crippen LogP contribution in [0.2, 0.25) is 0 Å². The van der Waals surface area contributed by atoms with Crippen molar-refractivity contribution in [3.63, 3.8) is 0 Å². The maximum Gasteiger partial charge on any atom is 0.301 e. The first-order chi connectivity index (χ1) is 5.43. The van der Waals surface area contributed by atoms with E-state index in [1.54, 1.807) is 0 Å². The monoisotopic (exact) mass is 207 g/mol. The summed E-state index contributed by atoms with van der Waals surface area (Å²) in [4.78, 5) is 10.3. The van der Waals surface area contributed by atoms with Gasteiger partial charge in [0, 0.05) is 6.07 Å². The molecule has 1 unspecified atom stereocenters. The first kappa shape index (κ1) is 9.17. The molecule has 7 heteroatoms. The molecule has 0 fully saturated rings. The highest BCUT2D eigenvalue weighted by molar-refractivity contribution is 7.92. The van der Waals surface area contributed by atoms with E-state index >= 15 is 0 Å². The second-order valence-corrected chi connectivity index (χ2v) is 5.46. The average Bonchev–Trinajstić information content (AvgIpc) is 2.30. The SMILES string of the molecule is NS(=O)(=O)c1ccc[s+]1C(=O)[O-]. The number of carbonyl (C=O) groups is 1. The molecule has 12 heavy (non-hydrogen) atoms. The smallest absolute Gasteiger partial charge is 0.301 e. The molecule has 0 aliphatic heterocycles. The molecule has 1 aromatic heterocycles. The van der Waals surface area contributed by atoms with Gasteiger partial charge in [0.2, 0.25) is 0 Å². The summed E-state index contributed by atoms with van der Waals surface area (Å²) in [6.45, 7) is 0. The van der Waals surface area contributed by atoms with Crippen LogP contribution in [-0.2, 0) is 10.0 Å². The molecule has 0 saturated carbocycles. The Morgan fingerprint density at radius 3 is 2.50 bits per heavy atom. The Labute approximate surface area is 71.5 Å². The van der Waals surface area contributed by atoms with Crippen LogP contribution in [0.5, 0.6) is 0 Å². The number of primary sulfonamides is 1. The molecule has 0 bridgehead atoms. The zero-order valence-corrected chi connectivity index (χ0v) is 7.39. The van der Waals surface area contributed by atoms with Gasteiger partial charge in [-0.15, -0.1) is 0 Å². The predicted octanol–water partition coefficient (Wildman–Crippen LogP) is -0.726. The summed E-state index contributed by atoms with van der Waals surface area (Å²) in [7, 11) is -5.42. The molecule has 0 aromatic carbocycles. The van der Waals surface area contributed by atoms with Crippen molar-refractivity contribution < 1.29 is 18.3 Å². The maximum absolute atomic E-state index is 10.7. The number of hydrogen-bond donors (Lipinski definition) is 1. The van der Waals surface area contributed by atoms with Gasteiger partial charge in [-0.1, -0.05) is 0 Å². The third-order valence-corrected chi connectivity index (χ3v) is 4.41. The van der Waals surface area contributed by atoms with Gasteiger partial charge < -0.3 is 9.90 Å². The topological polar surface area (TPSA) is 100 Å². The Hall–Kier alpha value is -0.920. The molecule has 0 radical (unpaired) electrons. The van der Waals surface area contributed by atoms with Gasteiger partial charge in [0.05, 0.1) is 10.5 Å². The molecule has 1 heterocycles. The molecular weight excluding hydrogens is 202 g/mol. The van der Waals surface area contributed by atoms with Crippen molar-refractivity contribution in [2.45, 2.75) is 4.21 Å². The highest BCUT2D eigenvalue weighted by Crippen LogP contribution is 2.27. The van der Waals surface area contributed by atoms with Crippen LogP contribution < -0.4 is 10.2 Å². The third kappa shape index (κ3) is 1.63. The van der Waals surface area contributed by atoms with Crippen LogP contribution in [0, 0.1) is 0 Å². The molecular formula is C5H5NO4S2. The number of sulfonamides is 1. The Balaban J connectivity index is 3.36. The standard InChI is InChI=1S/C5H5NO4S2/c6-12(9,10)4-2-1-3-11(4)5(7)8/h1-3H,(H2-,6,7,8,9,10). The van der Waals surface area contributed by atoms with Crippen LogP contribution >= 0.6 is 10.5 Å². The van der Waals surface area contributed by atoms with Gasteiger partial charge in [0.15, 0.2) is 0 Å². The number of carboxylic acid groups (broad SMARTS) is 1. The van der Waals surface area contributed by atoms with Gasteiger partial charge in [0.25, 0.3) is 14.2 Å². The lowest BCUT2D eigenvalue weighted by atomic mass is 10.7. The van der Waals surface area contributed by atoms with E-state index in [0.29, 0.717) is 0 Å². The van der Waals surface area contributed by atoms with Crippen LogP contribution in [0.1, 0.15) is 0 Å². The number of hydrogen-bond acceptors (Lipinski definition) is 4. The quantitative estimate of drug-likeness (QED) is 0.646. The van der Waals surface area contributed by atoms with Crippen molar-refractivity contribution in [2.75, 3.05) is 0 Å². The lowest BCUT2D eigenvalue weighted by Gasteiger charge is -1.91.